The number of hydrogen-bond acceptors (Lipinski definition) is 3. The summed E-state index contributed by atoms with van der Waals surface area (Å²) < 4.78 is 7.59. The second-order valence-electron chi connectivity index (χ2n) is 20.8. The molecule has 0 atom stereocenters. The van der Waals surface area contributed by atoms with Crippen LogP contribution >= 0.6 is 0 Å². The van der Waals surface area contributed by atoms with Crippen molar-refractivity contribution in [1.29, 1.82) is 0 Å². The first kappa shape index (κ1) is 52.1. The molecule has 0 saturated carbocycles. The number of nitrogens with zero attached hydrogens (tertiary/aromatic N) is 1. The van der Waals surface area contributed by atoms with E-state index in [1.54, 1.807) is 0 Å². The Bertz CT molecular complexity index is 2800. The summed E-state index contributed by atoms with van der Waals surface area (Å²) in [5.41, 5.74) is 17.8. The van der Waals surface area contributed by atoms with Crippen LogP contribution in [0.15, 0.2) is 198 Å². The van der Waals surface area contributed by atoms with Crippen molar-refractivity contribution in [2.45, 2.75) is 122 Å². The molecule has 0 aliphatic heterocycles. The summed E-state index contributed by atoms with van der Waals surface area (Å²) in [6, 6.07) is 67.8. The number of phenolic OH excluding ortho intramolecular Hbond substituents is 2. The molecule has 2 aliphatic rings. The van der Waals surface area contributed by atoms with Gasteiger partial charge in [0.2, 0.25) is 0 Å². The van der Waals surface area contributed by atoms with Gasteiger partial charge in [0.15, 0.2) is 0 Å². The number of benzene rings is 8. The van der Waals surface area contributed by atoms with E-state index in [-0.39, 0.29) is 17.3 Å². The van der Waals surface area contributed by atoms with Crippen LogP contribution in [0.3, 0.4) is 0 Å². The van der Waals surface area contributed by atoms with Crippen LogP contribution in [0.1, 0.15) is 163 Å². The Morgan fingerprint density at radius 1 is 0.417 bits per heavy atom. The Labute approximate surface area is 439 Å². The Morgan fingerprint density at radius 3 is 1.07 bits per heavy atom. The molecular weight excluding hydrogens is 959 g/mol. The SMILES string of the molecule is CC(C)c1cccc(C(C)C)c1[N]=[Mo]=[CH]C(C)(C)c1ccccc1.Oc1cc2c(cc1C(c1ccccc1)c1ccccc1)CCCC2.Oc1cc2c(cc1C(c1ccccc1)c1ccccc1)CCCC2. The van der Waals surface area contributed by atoms with Crippen molar-refractivity contribution in [2.24, 2.45) is 3.50 Å². The molecule has 0 aromatic heterocycles. The van der Waals surface area contributed by atoms with E-state index in [4.69, 9.17) is 3.50 Å². The molecule has 72 heavy (non-hydrogen) atoms. The largest absolute Gasteiger partial charge is 0.508 e. The third-order valence-corrected chi connectivity index (χ3v) is 16.9. The van der Waals surface area contributed by atoms with Gasteiger partial charge in [-0.2, -0.15) is 0 Å². The molecular formula is C68H73MoNO2. The number of hydrogen-bond donors (Lipinski definition) is 2. The van der Waals surface area contributed by atoms with Crippen molar-refractivity contribution in [1.82, 2.24) is 0 Å². The van der Waals surface area contributed by atoms with Gasteiger partial charge >= 0.3 is 156 Å². The summed E-state index contributed by atoms with van der Waals surface area (Å²) in [4.78, 5) is 0. The molecule has 0 bridgehead atoms. The molecule has 10 rings (SSSR count). The van der Waals surface area contributed by atoms with Crippen molar-refractivity contribution >= 4 is 10.1 Å². The minimum Gasteiger partial charge on any atom is -0.508 e. The molecule has 368 valence electrons. The summed E-state index contributed by atoms with van der Waals surface area (Å²) in [6.45, 7) is 13.6. The summed E-state index contributed by atoms with van der Waals surface area (Å²) >= 11 is -0.553. The van der Waals surface area contributed by atoms with Gasteiger partial charge in [-0.3, -0.25) is 0 Å². The van der Waals surface area contributed by atoms with Crippen LogP contribution < -0.4 is 0 Å². The molecule has 4 heteroatoms. The molecule has 0 saturated heterocycles. The fraction of sp³-hybridized carbons (Fsp3) is 0.279. The fourth-order valence-electron chi connectivity index (χ4n) is 10.5. The van der Waals surface area contributed by atoms with Crippen LogP contribution in [-0.2, 0) is 49.0 Å². The van der Waals surface area contributed by atoms with E-state index in [0.29, 0.717) is 23.3 Å². The van der Waals surface area contributed by atoms with E-state index in [1.165, 1.54) is 92.6 Å². The van der Waals surface area contributed by atoms with Gasteiger partial charge in [-0.1, -0.05) is 133 Å². The zero-order valence-electron chi connectivity index (χ0n) is 43.3. The average Bonchev–Trinajstić information content (AvgIpc) is 3.41. The first-order chi connectivity index (χ1) is 35.0. The topological polar surface area (TPSA) is 52.8 Å². The van der Waals surface area contributed by atoms with E-state index >= 15 is 0 Å². The molecule has 8 aromatic carbocycles. The van der Waals surface area contributed by atoms with Gasteiger partial charge in [0.1, 0.15) is 11.5 Å². The third kappa shape index (κ3) is 13.0. The minimum atomic E-state index is -0.553. The Morgan fingerprint density at radius 2 is 0.736 bits per heavy atom. The fourth-order valence-corrected chi connectivity index (χ4v) is 12.4. The molecule has 2 N–H and O–H groups in total. The van der Waals surface area contributed by atoms with E-state index in [0.717, 1.165) is 36.8 Å². The number of aryl methyl sites for hydroxylation is 4. The monoisotopic (exact) mass is 1030 g/mol. The predicted molar refractivity (Wildman–Crippen MR) is 299 cm³/mol. The standard InChI is InChI=1S/2C23H22O.C12H17N.C10H12.Mo/c2*24-22-16-20-14-8-7-13-19(20)15-21(22)23(17-9-3-1-4-10-17)18-11-5-2-6-12-18;1-8(2)10-6-5-7-11(9(3)4)12(10)13;1-10(2,3)9-7-5-4-6-8-9;/h2*1-6,9-12,15-16,23-24H,7-8,13-14H2;5-9H,1-4H3;1,4-8H,2-3H3;. The Kier molecular flexibility index (Phi) is 18.0. The molecule has 0 spiro atoms. The van der Waals surface area contributed by atoms with Gasteiger partial charge in [0, 0.05) is 23.0 Å². The maximum Gasteiger partial charge on any atom is 0.120 e. The van der Waals surface area contributed by atoms with Crippen molar-refractivity contribution in [3.05, 3.63) is 266 Å². The zero-order valence-corrected chi connectivity index (χ0v) is 45.3. The number of rotatable bonds is 11. The second kappa shape index (κ2) is 24.9. The molecule has 0 heterocycles. The Balaban J connectivity index is 0.000000144. The van der Waals surface area contributed by atoms with Gasteiger partial charge in [-0.05, 0) is 108 Å². The second-order valence-corrected chi connectivity index (χ2v) is 22.3. The smallest absolute Gasteiger partial charge is 0.120 e. The maximum absolute atomic E-state index is 10.8. The van der Waals surface area contributed by atoms with Gasteiger partial charge in [-0.25, -0.2) is 0 Å². The quantitative estimate of drug-likeness (QED) is 0.100. The minimum absolute atomic E-state index is 0.0691. The maximum atomic E-state index is 10.8. The van der Waals surface area contributed by atoms with Crippen molar-refractivity contribution in [3.63, 3.8) is 0 Å². The number of phenols is 2. The normalized spacial score (nSPS) is 13.0. The zero-order chi connectivity index (χ0) is 50.5. The van der Waals surface area contributed by atoms with Gasteiger partial charge in [0.05, 0.1) is 0 Å². The predicted octanol–water partition coefficient (Wildman–Crippen LogP) is 17.5. The third-order valence-electron chi connectivity index (χ3n) is 14.5. The van der Waals surface area contributed by atoms with Crippen LogP contribution in [0.25, 0.3) is 0 Å². The van der Waals surface area contributed by atoms with Gasteiger partial charge in [0.25, 0.3) is 0 Å². The van der Waals surface area contributed by atoms with Crippen LogP contribution in [0.5, 0.6) is 11.5 Å². The summed E-state index contributed by atoms with van der Waals surface area (Å²) in [6.07, 6.45) is 9.38. The van der Waals surface area contributed by atoms with E-state index in [2.05, 4.69) is 204 Å². The summed E-state index contributed by atoms with van der Waals surface area (Å²) in [5.74, 6) is 2.01. The number of aromatic hydroxyl groups is 2. The van der Waals surface area contributed by atoms with Crippen molar-refractivity contribution in [3.8, 4) is 11.5 Å². The van der Waals surface area contributed by atoms with Crippen LogP contribution in [0.4, 0.5) is 5.69 Å². The van der Waals surface area contributed by atoms with Crippen LogP contribution in [0, 0.1) is 0 Å². The molecule has 0 unspecified atom stereocenters. The first-order valence-corrected chi connectivity index (χ1v) is 28.3. The van der Waals surface area contributed by atoms with Crippen LogP contribution in [-0.4, -0.2) is 14.6 Å². The molecule has 8 aromatic rings. The summed E-state index contributed by atoms with van der Waals surface area (Å²) in [7, 11) is 0. The molecule has 2 aliphatic carbocycles. The van der Waals surface area contributed by atoms with Crippen molar-refractivity contribution < 1.29 is 28.1 Å². The van der Waals surface area contributed by atoms with E-state index in [1.807, 2.05) is 36.4 Å². The first-order valence-electron chi connectivity index (χ1n) is 26.3. The molecule has 0 amide bonds. The molecule has 0 fully saturated rings. The van der Waals surface area contributed by atoms with Crippen LogP contribution in [0.2, 0.25) is 0 Å². The molecule has 0 radical (unpaired) electrons. The van der Waals surface area contributed by atoms with Crippen molar-refractivity contribution in [2.75, 3.05) is 0 Å². The van der Waals surface area contributed by atoms with Gasteiger partial charge in [-0.15, -0.1) is 0 Å². The summed E-state index contributed by atoms with van der Waals surface area (Å²) in [5, 5.41) is 21.5. The van der Waals surface area contributed by atoms with E-state index in [9.17, 15) is 10.2 Å². The number of fused-ring (bicyclic) bond motifs is 2. The average molecular weight is 1030 g/mol. The van der Waals surface area contributed by atoms with E-state index < -0.39 is 17.9 Å². The Hall–Kier alpha value is -6.28. The van der Waals surface area contributed by atoms with Gasteiger partial charge < -0.3 is 10.2 Å². The molecule has 3 nitrogen and oxygen atoms in total.